The fourth-order valence-corrected chi connectivity index (χ4v) is 3.65. The summed E-state index contributed by atoms with van der Waals surface area (Å²) in [5.74, 6) is 0.538. The molecule has 7 heteroatoms. The summed E-state index contributed by atoms with van der Waals surface area (Å²) < 4.78 is 29.6. The number of allylic oxidation sites excluding steroid dienone is 1. The highest BCUT2D eigenvalue weighted by Gasteiger charge is 2.22. The van der Waals surface area contributed by atoms with Gasteiger partial charge < -0.3 is 24.3 Å². The van der Waals surface area contributed by atoms with Crippen LogP contribution in [0.1, 0.15) is 28.9 Å². The second kappa shape index (κ2) is 9.01. The first-order valence-corrected chi connectivity index (χ1v) is 9.95. The predicted octanol–water partition coefficient (Wildman–Crippen LogP) is 4.79. The van der Waals surface area contributed by atoms with Crippen molar-refractivity contribution in [2.75, 3.05) is 14.2 Å². The zero-order chi connectivity index (χ0) is 22.7. The van der Waals surface area contributed by atoms with Gasteiger partial charge in [-0.15, -0.1) is 0 Å². The minimum absolute atomic E-state index is 0.0980. The molecule has 6 nitrogen and oxygen atoms in total. The Kier molecular flexibility index (Phi) is 5.98. The van der Waals surface area contributed by atoms with Gasteiger partial charge in [0.15, 0.2) is 11.5 Å². The van der Waals surface area contributed by atoms with Crippen LogP contribution in [0.2, 0.25) is 0 Å². The number of phenolic OH excluding ortho intramolecular Hbond substituents is 1. The highest BCUT2D eigenvalue weighted by Crippen LogP contribution is 2.42. The molecule has 0 aliphatic heterocycles. The van der Waals surface area contributed by atoms with Gasteiger partial charge in [0.2, 0.25) is 11.7 Å². The van der Waals surface area contributed by atoms with Crippen molar-refractivity contribution in [1.82, 2.24) is 5.32 Å². The highest BCUT2D eigenvalue weighted by molar-refractivity contribution is 6.04. The molecule has 0 fully saturated rings. The molecule has 0 atom stereocenters. The molecule has 1 aromatic heterocycles. The van der Waals surface area contributed by atoms with Crippen LogP contribution in [0.15, 0.2) is 58.7 Å². The summed E-state index contributed by atoms with van der Waals surface area (Å²) in [7, 11) is 2.90. The molecular formula is C25H22FNO5. The van der Waals surface area contributed by atoms with E-state index in [9.17, 15) is 14.3 Å². The number of hydrogen-bond donors (Lipinski definition) is 2. The number of phenols is 1. The Balaban J connectivity index is 1.66. The molecular weight excluding hydrogens is 413 g/mol. The van der Waals surface area contributed by atoms with Crippen LogP contribution in [-0.4, -0.2) is 25.2 Å². The lowest BCUT2D eigenvalue weighted by atomic mass is 9.97. The van der Waals surface area contributed by atoms with Crippen LogP contribution in [0.5, 0.6) is 17.2 Å². The molecule has 164 valence electrons. The van der Waals surface area contributed by atoms with E-state index in [4.69, 9.17) is 13.9 Å². The number of ether oxygens (including phenoxy) is 2. The molecule has 1 heterocycles. The Hall–Kier alpha value is -4.00. The number of methoxy groups -OCH3 is 2. The number of amides is 1. The van der Waals surface area contributed by atoms with E-state index in [2.05, 4.69) is 5.32 Å². The summed E-state index contributed by atoms with van der Waals surface area (Å²) in [5.41, 5.74) is 3.73. The van der Waals surface area contributed by atoms with E-state index in [1.807, 2.05) is 12.2 Å². The van der Waals surface area contributed by atoms with Gasteiger partial charge in [-0.1, -0.05) is 6.07 Å². The number of carbonyl (C=O) groups excluding carboxylic acids is 1. The third-order valence-corrected chi connectivity index (χ3v) is 5.18. The van der Waals surface area contributed by atoms with Gasteiger partial charge in [0.05, 0.1) is 33.4 Å². The minimum Gasteiger partial charge on any atom is -0.502 e. The number of aromatic hydroxyl groups is 1. The molecule has 0 unspecified atom stereocenters. The number of furan rings is 1. The van der Waals surface area contributed by atoms with Gasteiger partial charge in [-0.05, 0) is 76.4 Å². The number of carbonyl (C=O) groups is 1. The SMILES string of the molecule is COc1cc(C=C2C(CC(=O)NCc3ccco3)=Cc3cc(F)ccc32)cc(OC)c1O. The fraction of sp³-hybridized carbons (Fsp3) is 0.160. The van der Waals surface area contributed by atoms with Gasteiger partial charge in [-0.25, -0.2) is 4.39 Å². The van der Waals surface area contributed by atoms with Crippen molar-refractivity contribution in [3.8, 4) is 17.2 Å². The quantitative estimate of drug-likeness (QED) is 0.558. The predicted molar refractivity (Wildman–Crippen MR) is 119 cm³/mol. The number of fused-ring (bicyclic) bond motifs is 1. The van der Waals surface area contributed by atoms with Gasteiger partial charge in [0.25, 0.3) is 0 Å². The molecule has 1 amide bonds. The van der Waals surface area contributed by atoms with Crippen molar-refractivity contribution >= 4 is 23.6 Å². The second-order valence-electron chi connectivity index (χ2n) is 7.27. The average molecular weight is 435 g/mol. The molecule has 2 aromatic carbocycles. The highest BCUT2D eigenvalue weighted by atomic mass is 19.1. The maximum Gasteiger partial charge on any atom is 0.224 e. The first kappa shape index (κ1) is 21.2. The van der Waals surface area contributed by atoms with Crippen LogP contribution in [0, 0.1) is 5.82 Å². The number of benzene rings is 2. The van der Waals surface area contributed by atoms with Crippen LogP contribution in [0.3, 0.4) is 0 Å². The van der Waals surface area contributed by atoms with Crippen molar-refractivity contribution in [3.63, 3.8) is 0 Å². The maximum atomic E-state index is 13.8. The first-order chi connectivity index (χ1) is 15.5. The Labute approximate surface area is 184 Å². The lowest BCUT2D eigenvalue weighted by Crippen LogP contribution is -2.22. The molecule has 0 saturated heterocycles. The number of rotatable bonds is 7. The Bertz CT molecular complexity index is 1190. The van der Waals surface area contributed by atoms with Gasteiger partial charge >= 0.3 is 0 Å². The largest absolute Gasteiger partial charge is 0.502 e. The lowest BCUT2D eigenvalue weighted by molar-refractivity contribution is -0.120. The molecule has 0 radical (unpaired) electrons. The fourth-order valence-electron chi connectivity index (χ4n) is 3.65. The lowest BCUT2D eigenvalue weighted by Gasteiger charge is -2.12. The van der Waals surface area contributed by atoms with E-state index in [0.717, 1.165) is 16.7 Å². The molecule has 4 rings (SSSR count). The Morgan fingerprint density at radius 1 is 1.16 bits per heavy atom. The van der Waals surface area contributed by atoms with Crippen molar-refractivity contribution in [1.29, 1.82) is 0 Å². The first-order valence-electron chi connectivity index (χ1n) is 9.95. The van der Waals surface area contributed by atoms with Gasteiger partial charge in [-0.2, -0.15) is 0 Å². The van der Waals surface area contributed by atoms with E-state index in [0.29, 0.717) is 16.9 Å². The van der Waals surface area contributed by atoms with E-state index >= 15 is 0 Å². The molecule has 1 aliphatic carbocycles. The summed E-state index contributed by atoms with van der Waals surface area (Å²) in [4.78, 5) is 12.6. The van der Waals surface area contributed by atoms with Crippen LogP contribution in [0.25, 0.3) is 17.7 Å². The van der Waals surface area contributed by atoms with Crippen LogP contribution < -0.4 is 14.8 Å². The molecule has 1 aliphatic rings. The van der Waals surface area contributed by atoms with Crippen molar-refractivity contribution in [3.05, 3.63) is 82.6 Å². The standard InChI is InChI=1S/C25H22FNO5/c1-30-22-9-15(10-23(31-2)25(22)29)8-21-17(11-16-12-18(26)5-6-20(16)21)13-24(28)27-14-19-4-3-7-32-19/h3-12,29H,13-14H2,1-2H3,(H,27,28). The second-order valence-corrected chi connectivity index (χ2v) is 7.27. The Morgan fingerprint density at radius 2 is 1.91 bits per heavy atom. The van der Waals surface area contributed by atoms with Crippen LogP contribution in [0.4, 0.5) is 4.39 Å². The number of nitrogens with one attached hydrogen (secondary N) is 1. The van der Waals surface area contributed by atoms with Crippen LogP contribution >= 0.6 is 0 Å². The van der Waals surface area contributed by atoms with E-state index in [-0.39, 0.29) is 41.9 Å². The van der Waals surface area contributed by atoms with Gasteiger partial charge in [0.1, 0.15) is 11.6 Å². The van der Waals surface area contributed by atoms with E-state index in [1.165, 1.54) is 26.4 Å². The summed E-state index contributed by atoms with van der Waals surface area (Å²) in [5, 5.41) is 13.0. The summed E-state index contributed by atoms with van der Waals surface area (Å²) in [6.07, 6.45) is 5.33. The Morgan fingerprint density at radius 3 is 2.56 bits per heavy atom. The normalized spacial score (nSPS) is 13.6. The van der Waals surface area contributed by atoms with Gasteiger partial charge in [-0.3, -0.25) is 4.79 Å². The molecule has 3 aromatic rings. The van der Waals surface area contributed by atoms with Crippen LogP contribution in [-0.2, 0) is 11.3 Å². The van der Waals surface area contributed by atoms with Crippen molar-refractivity contribution in [2.45, 2.75) is 13.0 Å². The summed E-state index contributed by atoms with van der Waals surface area (Å²) in [6.45, 7) is 0.284. The number of hydrogen-bond acceptors (Lipinski definition) is 5. The minimum atomic E-state index is -0.351. The molecule has 32 heavy (non-hydrogen) atoms. The molecule has 0 spiro atoms. The zero-order valence-electron chi connectivity index (χ0n) is 17.6. The van der Waals surface area contributed by atoms with Gasteiger partial charge in [0, 0.05) is 0 Å². The molecule has 0 saturated carbocycles. The third kappa shape index (κ3) is 4.37. The van der Waals surface area contributed by atoms with E-state index < -0.39 is 0 Å². The molecule has 2 N–H and O–H groups in total. The smallest absolute Gasteiger partial charge is 0.224 e. The topological polar surface area (TPSA) is 80.9 Å². The maximum absolute atomic E-state index is 13.8. The summed E-state index contributed by atoms with van der Waals surface area (Å²) >= 11 is 0. The monoisotopic (exact) mass is 435 g/mol. The third-order valence-electron chi connectivity index (χ3n) is 5.18. The van der Waals surface area contributed by atoms with Crippen molar-refractivity contribution in [2.24, 2.45) is 0 Å². The zero-order valence-corrected chi connectivity index (χ0v) is 17.6. The number of halogens is 1. The average Bonchev–Trinajstić information content (AvgIpc) is 3.41. The van der Waals surface area contributed by atoms with E-state index in [1.54, 1.807) is 36.6 Å². The van der Waals surface area contributed by atoms with Crippen molar-refractivity contribution < 1.29 is 28.2 Å². The summed E-state index contributed by atoms with van der Waals surface area (Å²) in [6, 6.07) is 11.4. The molecule has 0 bridgehead atoms.